The number of hydrogen-bond acceptors (Lipinski definition) is 3. The Labute approximate surface area is 99.3 Å². The molecule has 0 aromatic rings. The van der Waals surface area contributed by atoms with Crippen LogP contribution < -0.4 is 5.73 Å². The number of nitrogens with two attached hydrogens (primary N) is 1. The first-order valence-corrected chi connectivity index (χ1v) is 6.96. The molecule has 0 aromatic carbocycles. The van der Waals surface area contributed by atoms with E-state index in [0.29, 0.717) is 18.8 Å². The van der Waals surface area contributed by atoms with Crippen LogP contribution in [-0.4, -0.2) is 43.3 Å². The predicted molar refractivity (Wildman–Crippen MR) is 66.5 cm³/mol. The van der Waals surface area contributed by atoms with Crippen molar-refractivity contribution in [2.75, 3.05) is 26.2 Å². The molecule has 2 aliphatic heterocycles. The van der Waals surface area contributed by atoms with E-state index in [1.807, 2.05) is 0 Å². The Kier molecular flexibility index (Phi) is 5.07. The van der Waals surface area contributed by atoms with Gasteiger partial charge in [-0.1, -0.05) is 19.3 Å². The zero-order valence-corrected chi connectivity index (χ0v) is 10.4. The fraction of sp³-hybridized carbons (Fsp3) is 1.00. The summed E-state index contributed by atoms with van der Waals surface area (Å²) >= 11 is 0. The maximum absolute atomic E-state index is 5.92. The third-order valence-electron chi connectivity index (χ3n) is 3.87. The van der Waals surface area contributed by atoms with Crippen LogP contribution in [0.3, 0.4) is 0 Å². The number of ether oxygens (including phenoxy) is 1. The van der Waals surface area contributed by atoms with E-state index in [-0.39, 0.29) is 0 Å². The third kappa shape index (κ3) is 3.72. The zero-order chi connectivity index (χ0) is 11.2. The largest absolute Gasteiger partial charge is 0.372 e. The van der Waals surface area contributed by atoms with Crippen LogP contribution in [-0.2, 0) is 4.74 Å². The summed E-state index contributed by atoms with van der Waals surface area (Å²) < 4.78 is 5.92. The van der Waals surface area contributed by atoms with Crippen molar-refractivity contribution in [3.63, 3.8) is 0 Å². The summed E-state index contributed by atoms with van der Waals surface area (Å²) in [6, 6.07) is 0. The van der Waals surface area contributed by atoms with Gasteiger partial charge >= 0.3 is 0 Å². The number of nitrogens with zero attached hydrogens (tertiary/aromatic N) is 1. The van der Waals surface area contributed by atoms with Gasteiger partial charge in [0.1, 0.15) is 0 Å². The normalized spacial score (nSPS) is 33.6. The lowest BCUT2D eigenvalue weighted by molar-refractivity contribution is 0.0256. The van der Waals surface area contributed by atoms with E-state index in [1.54, 1.807) is 0 Å². The van der Waals surface area contributed by atoms with Gasteiger partial charge in [0.05, 0.1) is 12.2 Å². The molecule has 0 bridgehead atoms. The van der Waals surface area contributed by atoms with E-state index in [2.05, 4.69) is 4.90 Å². The van der Waals surface area contributed by atoms with Gasteiger partial charge in [0.2, 0.25) is 0 Å². The van der Waals surface area contributed by atoms with E-state index >= 15 is 0 Å². The molecule has 16 heavy (non-hydrogen) atoms. The highest BCUT2D eigenvalue weighted by atomic mass is 16.5. The maximum atomic E-state index is 5.92. The minimum absolute atomic E-state index is 0.333. The van der Waals surface area contributed by atoms with Crippen LogP contribution in [0.15, 0.2) is 0 Å². The second-order valence-electron chi connectivity index (χ2n) is 5.26. The fourth-order valence-electron chi connectivity index (χ4n) is 2.87. The Bertz CT molecular complexity index is 190. The van der Waals surface area contributed by atoms with Crippen LogP contribution in [0.4, 0.5) is 0 Å². The molecule has 2 saturated heterocycles. The van der Waals surface area contributed by atoms with Crippen molar-refractivity contribution >= 4 is 0 Å². The van der Waals surface area contributed by atoms with Gasteiger partial charge in [0.25, 0.3) is 0 Å². The Morgan fingerprint density at radius 1 is 0.938 bits per heavy atom. The summed E-state index contributed by atoms with van der Waals surface area (Å²) in [6.45, 7) is 4.37. The smallest absolute Gasteiger partial charge is 0.0707 e. The minimum atomic E-state index is 0.333. The van der Waals surface area contributed by atoms with Gasteiger partial charge in [-0.15, -0.1) is 0 Å². The van der Waals surface area contributed by atoms with Crippen LogP contribution in [0.25, 0.3) is 0 Å². The standard InChI is InChI=1S/C13H26N2O/c14-10-12-6-7-13(16-12)11-15-8-4-2-1-3-5-9-15/h12-13H,1-11,14H2. The van der Waals surface area contributed by atoms with Gasteiger partial charge < -0.3 is 15.4 Å². The van der Waals surface area contributed by atoms with Crippen molar-refractivity contribution in [1.82, 2.24) is 4.90 Å². The molecule has 2 atom stereocenters. The van der Waals surface area contributed by atoms with Crippen LogP contribution in [0.1, 0.15) is 44.9 Å². The highest BCUT2D eigenvalue weighted by Gasteiger charge is 2.25. The average molecular weight is 226 g/mol. The summed E-state index contributed by atoms with van der Waals surface area (Å²) in [5.41, 5.74) is 5.64. The predicted octanol–water partition coefficient (Wildman–Crippen LogP) is 1.76. The Hall–Kier alpha value is -0.120. The van der Waals surface area contributed by atoms with Gasteiger partial charge in [-0.25, -0.2) is 0 Å². The Morgan fingerprint density at radius 2 is 1.56 bits per heavy atom. The molecule has 94 valence electrons. The first-order valence-electron chi connectivity index (χ1n) is 6.96. The molecule has 2 rings (SSSR count). The molecule has 2 fully saturated rings. The molecule has 0 aromatic heterocycles. The Balaban J connectivity index is 1.71. The molecule has 0 spiro atoms. The quantitative estimate of drug-likeness (QED) is 0.797. The molecule has 0 saturated carbocycles. The molecule has 3 nitrogen and oxygen atoms in total. The summed E-state index contributed by atoms with van der Waals surface area (Å²) in [4.78, 5) is 2.60. The molecule has 3 heteroatoms. The number of likely N-dealkylation sites (tertiary alicyclic amines) is 1. The van der Waals surface area contributed by atoms with Gasteiger partial charge in [-0.3, -0.25) is 0 Å². The monoisotopic (exact) mass is 226 g/mol. The molecule has 2 heterocycles. The van der Waals surface area contributed by atoms with Gasteiger partial charge in [0, 0.05) is 13.1 Å². The fourth-order valence-corrected chi connectivity index (χ4v) is 2.87. The first kappa shape index (κ1) is 12.3. The first-order chi connectivity index (χ1) is 7.88. The molecular formula is C13H26N2O. The topological polar surface area (TPSA) is 38.5 Å². The summed E-state index contributed by atoms with van der Waals surface area (Å²) in [7, 11) is 0. The van der Waals surface area contributed by atoms with E-state index in [4.69, 9.17) is 10.5 Å². The van der Waals surface area contributed by atoms with Crippen LogP contribution in [0.5, 0.6) is 0 Å². The van der Waals surface area contributed by atoms with Crippen molar-refractivity contribution in [3.8, 4) is 0 Å². The molecule has 0 amide bonds. The lowest BCUT2D eigenvalue weighted by Crippen LogP contribution is -2.35. The highest BCUT2D eigenvalue weighted by Crippen LogP contribution is 2.20. The van der Waals surface area contributed by atoms with Crippen molar-refractivity contribution in [2.24, 2.45) is 5.73 Å². The summed E-state index contributed by atoms with van der Waals surface area (Å²) in [5.74, 6) is 0. The number of rotatable bonds is 3. The molecule has 2 aliphatic rings. The van der Waals surface area contributed by atoms with Crippen molar-refractivity contribution in [2.45, 2.75) is 57.2 Å². The third-order valence-corrected chi connectivity index (χ3v) is 3.87. The van der Waals surface area contributed by atoms with E-state index in [9.17, 15) is 0 Å². The lowest BCUT2D eigenvalue weighted by atomic mass is 10.1. The van der Waals surface area contributed by atoms with E-state index < -0.39 is 0 Å². The van der Waals surface area contributed by atoms with Gasteiger partial charge in [0.15, 0.2) is 0 Å². The van der Waals surface area contributed by atoms with E-state index in [1.165, 1.54) is 51.6 Å². The molecule has 0 aliphatic carbocycles. The van der Waals surface area contributed by atoms with Crippen molar-refractivity contribution < 1.29 is 4.74 Å². The molecule has 0 radical (unpaired) electrons. The average Bonchev–Trinajstić information content (AvgIpc) is 2.69. The molecule has 2 unspecified atom stereocenters. The SMILES string of the molecule is NCC1CCC(CN2CCCCCCC2)O1. The second kappa shape index (κ2) is 6.58. The zero-order valence-electron chi connectivity index (χ0n) is 10.4. The Morgan fingerprint density at radius 3 is 2.19 bits per heavy atom. The van der Waals surface area contributed by atoms with Crippen molar-refractivity contribution in [3.05, 3.63) is 0 Å². The maximum Gasteiger partial charge on any atom is 0.0707 e. The van der Waals surface area contributed by atoms with Crippen LogP contribution in [0, 0.1) is 0 Å². The molecular weight excluding hydrogens is 200 g/mol. The van der Waals surface area contributed by atoms with Gasteiger partial charge in [-0.05, 0) is 38.8 Å². The summed E-state index contributed by atoms with van der Waals surface area (Å²) in [5, 5.41) is 0. The van der Waals surface area contributed by atoms with Gasteiger partial charge in [-0.2, -0.15) is 0 Å². The lowest BCUT2D eigenvalue weighted by Gasteiger charge is -2.27. The van der Waals surface area contributed by atoms with Crippen LogP contribution in [0.2, 0.25) is 0 Å². The van der Waals surface area contributed by atoms with E-state index in [0.717, 1.165) is 13.0 Å². The number of hydrogen-bond donors (Lipinski definition) is 1. The minimum Gasteiger partial charge on any atom is -0.372 e. The molecule has 2 N–H and O–H groups in total. The highest BCUT2D eigenvalue weighted by molar-refractivity contribution is 4.77. The van der Waals surface area contributed by atoms with Crippen molar-refractivity contribution in [1.29, 1.82) is 0 Å². The van der Waals surface area contributed by atoms with Crippen LogP contribution >= 0.6 is 0 Å². The second-order valence-corrected chi connectivity index (χ2v) is 5.26. The summed E-state index contributed by atoms with van der Waals surface area (Å²) in [6.07, 6.45) is 10.1.